The lowest BCUT2D eigenvalue weighted by Gasteiger charge is -2.50. The highest BCUT2D eigenvalue weighted by molar-refractivity contribution is 7.89. The molecule has 0 bridgehead atoms. The van der Waals surface area contributed by atoms with E-state index in [1.54, 1.807) is 66.7 Å². The average molecular weight is 583 g/mol. The van der Waals surface area contributed by atoms with Gasteiger partial charge in [0, 0.05) is 4.92 Å². The lowest BCUT2D eigenvalue weighted by Crippen LogP contribution is -2.65. The van der Waals surface area contributed by atoms with E-state index in [-0.39, 0.29) is 9.93 Å². The summed E-state index contributed by atoms with van der Waals surface area (Å²) in [5.41, 5.74) is 1.90. The molecule has 0 spiro atoms. The van der Waals surface area contributed by atoms with Gasteiger partial charge in [0.05, 0.1) is 16.9 Å². The largest absolute Gasteiger partial charge is 0.409 e. The SMILES string of the molecule is Cc1ccc(S(=O)(=O)N2[C@H](O)[C@@H](O[Si](C)(C)C(C)(C)C)[C@@H](c3ccccc3)[C@H]([N+](=O)[O-])[C@@H]2c2ccccc2)cc1. The second-order valence-corrected chi connectivity index (χ2v) is 18.6. The third-order valence-corrected chi connectivity index (χ3v) is 14.6. The lowest BCUT2D eigenvalue weighted by molar-refractivity contribution is -0.543. The smallest absolute Gasteiger partial charge is 0.246 e. The first-order chi connectivity index (χ1) is 18.7. The first kappa shape index (κ1) is 30.1. The van der Waals surface area contributed by atoms with E-state index in [1.807, 2.05) is 46.9 Å². The Balaban J connectivity index is 2.01. The molecule has 1 heterocycles. The molecule has 0 aliphatic carbocycles. The summed E-state index contributed by atoms with van der Waals surface area (Å²) in [4.78, 5) is 12.6. The zero-order valence-corrected chi connectivity index (χ0v) is 25.6. The molecular weight excluding hydrogens is 544 g/mol. The van der Waals surface area contributed by atoms with Crippen molar-refractivity contribution in [3.63, 3.8) is 0 Å². The lowest BCUT2D eigenvalue weighted by atomic mass is 9.77. The van der Waals surface area contributed by atoms with Gasteiger partial charge < -0.3 is 9.53 Å². The van der Waals surface area contributed by atoms with Gasteiger partial charge in [0.1, 0.15) is 12.3 Å². The molecule has 0 unspecified atom stereocenters. The Hall–Kier alpha value is -2.89. The summed E-state index contributed by atoms with van der Waals surface area (Å²) in [7, 11) is -7.06. The topological polar surface area (TPSA) is 110 Å². The van der Waals surface area contributed by atoms with Crippen molar-refractivity contribution in [2.45, 2.75) is 81.1 Å². The third-order valence-electron chi connectivity index (χ3n) is 8.28. The molecule has 8 nitrogen and oxygen atoms in total. The van der Waals surface area contributed by atoms with Crippen LogP contribution >= 0.6 is 0 Å². The van der Waals surface area contributed by atoms with E-state index in [2.05, 4.69) is 0 Å². The van der Waals surface area contributed by atoms with Crippen LogP contribution in [-0.2, 0) is 14.4 Å². The van der Waals surface area contributed by atoms with Gasteiger partial charge in [-0.05, 0) is 48.3 Å². The zero-order valence-electron chi connectivity index (χ0n) is 23.8. The number of sulfonamides is 1. The maximum Gasteiger partial charge on any atom is 0.246 e. The van der Waals surface area contributed by atoms with Crippen LogP contribution in [0.2, 0.25) is 18.1 Å². The van der Waals surface area contributed by atoms with Gasteiger partial charge in [-0.25, -0.2) is 8.42 Å². The number of benzene rings is 3. The van der Waals surface area contributed by atoms with Crippen LogP contribution in [0.15, 0.2) is 89.8 Å². The molecule has 3 aromatic carbocycles. The number of aliphatic hydroxyl groups is 1. The summed E-state index contributed by atoms with van der Waals surface area (Å²) in [6.07, 6.45) is -2.87. The maximum atomic E-state index is 14.3. The minimum atomic E-state index is -4.41. The molecule has 4 rings (SSSR count). The Morgan fingerprint density at radius 1 is 0.900 bits per heavy atom. The summed E-state index contributed by atoms with van der Waals surface area (Å²) < 4.78 is 36.3. The van der Waals surface area contributed by atoms with Gasteiger partial charge in [0.2, 0.25) is 16.1 Å². The minimum absolute atomic E-state index is 0.0515. The van der Waals surface area contributed by atoms with Crippen molar-refractivity contribution < 1.29 is 22.9 Å². The molecule has 1 aliphatic rings. The van der Waals surface area contributed by atoms with Crippen LogP contribution in [0.25, 0.3) is 0 Å². The van der Waals surface area contributed by atoms with Crippen LogP contribution in [0, 0.1) is 17.0 Å². The van der Waals surface area contributed by atoms with Gasteiger partial charge in [-0.15, -0.1) is 0 Å². The van der Waals surface area contributed by atoms with Crippen molar-refractivity contribution in [2.24, 2.45) is 0 Å². The fraction of sp³-hybridized carbons (Fsp3) is 0.400. The Morgan fingerprint density at radius 2 is 1.40 bits per heavy atom. The van der Waals surface area contributed by atoms with Crippen LogP contribution < -0.4 is 0 Å². The monoisotopic (exact) mass is 582 g/mol. The number of aryl methyl sites for hydroxylation is 1. The normalized spacial score (nSPS) is 24.5. The second kappa shape index (κ2) is 11.2. The van der Waals surface area contributed by atoms with Crippen LogP contribution in [0.3, 0.4) is 0 Å². The molecule has 1 aliphatic heterocycles. The molecule has 0 saturated carbocycles. The van der Waals surface area contributed by atoms with E-state index >= 15 is 0 Å². The van der Waals surface area contributed by atoms with Crippen LogP contribution in [-0.4, -0.2) is 49.4 Å². The summed E-state index contributed by atoms with van der Waals surface area (Å²) >= 11 is 0. The molecule has 0 radical (unpaired) electrons. The molecule has 0 amide bonds. The van der Waals surface area contributed by atoms with Crippen molar-refractivity contribution in [2.75, 3.05) is 0 Å². The average Bonchev–Trinajstić information content (AvgIpc) is 2.89. The van der Waals surface area contributed by atoms with Crippen molar-refractivity contribution in [3.05, 3.63) is 112 Å². The second-order valence-electron chi connectivity index (χ2n) is 12.0. The van der Waals surface area contributed by atoms with E-state index < -0.39 is 53.6 Å². The molecule has 214 valence electrons. The van der Waals surface area contributed by atoms with E-state index in [0.29, 0.717) is 11.1 Å². The highest BCUT2D eigenvalue weighted by atomic mass is 32.2. The molecule has 3 aromatic rings. The third kappa shape index (κ3) is 5.64. The number of nitrogens with zero attached hydrogens (tertiary/aromatic N) is 2. The zero-order chi connectivity index (χ0) is 29.5. The summed E-state index contributed by atoms with van der Waals surface area (Å²) in [6.45, 7) is 11.9. The van der Waals surface area contributed by atoms with E-state index in [9.17, 15) is 23.6 Å². The Kier molecular flexibility index (Phi) is 8.40. The number of nitro groups is 1. The molecule has 1 fully saturated rings. The van der Waals surface area contributed by atoms with Gasteiger partial charge in [0.25, 0.3) is 0 Å². The van der Waals surface area contributed by atoms with Crippen molar-refractivity contribution in [1.82, 2.24) is 4.31 Å². The minimum Gasteiger partial charge on any atom is -0.409 e. The Morgan fingerprint density at radius 3 is 1.88 bits per heavy atom. The van der Waals surface area contributed by atoms with Gasteiger partial charge in [-0.3, -0.25) is 10.1 Å². The maximum absolute atomic E-state index is 14.3. The van der Waals surface area contributed by atoms with Gasteiger partial charge in [-0.1, -0.05) is 99.1 Å². The van der Waals surface area contributed by atoms with E-state index in [4.69, 9.17) is 4.43 Å². The molecule has 10 heteroatoms. The fourth-order valence-electron chi connectivity index (χ4n) is 5.11. The summed E-state index contributed by atoms with van der Waals surface area (Å²) in [5, 5.41) is 24.8. The number of hydrogen-bond donors (Lipinski definition) is 1. The molecule has 1 N–H and O–H groups in total. The standard InChI is InChI=1S/C30H38N2O6SSi/c1-21-17-19-24(20-18-21)39(36,37)31-26(23-15-11-8-12-16-23)27(32(34)35)25(22-13-9-7-10-14-22)28(29(31)33)38-40(5,6)30(2,3)4/h7-20,25-29,33H,1-6H3/t25-,26-,27-,28-,29+/m0/s1. The molecule has 40 heavy (non-hydrogen) atoms. The first-order valence-electron chi connectivity index (χ1n) is 13.4. The van der Waals surface area contributed by atoms with Crippen molar-refractivity contribution in [3.8, 4) is 0 Å². The molecule has 0 aromatic heterocycles. The number of piperidine rings is 1. The highest BCUT2D eigenvalue weighted by Gasteiger charge is 2.61. The highest BCUT2D eigenvalue weighted by Crippen LogP contribution is 2.49. The fourth-order valence-corrected chi connectivity index (χ4v) is 8.09. The Bertz CT molecular complexity index is 1430. The van der Waals surface area contributed by atoms with E-state index in [0.717, 1.165) is 9.87 Å². The summed E-state index contributed by atoms with van der Waals surface area (Å²) in [5.74, 6) is -0.921. The Labute approximate surface area is 238 Å². The predicted octanol–water partition coefficient (Wildman–Crippen LogP) is 5.88. The first-order valence-corrected chi connectivity index (χ1v) is 17.7. The van der Waals surface area contributed by atoms with Gasteiger partial charge >= 0.3 is 0 Å². The predicted molar refractivity (Wildman–Crippen MR) is 157 cm³/mol. The molecular formula is C30H38N2O6SSi. The van der Waals surface area contributed by atoms with Crippen molar-refractivity contribution in [1.29, 1.82) is 0 Å². The van der Waals surface area contributed by atoms with Gasteiger partial charge in [0.15, 0.2) is 8.32 Å². The number of rotatable bonds is 7. The van der Waals surface area contributed by atoms with Crippen molar-refractivity contribution >= 4 is 18.3 Å². The number of aliphatic hydroxyl groups excluding tert-OH is 1. The van der Waals surface area contributed by atoms with Crippen LogP contribution in [0.4, 0.5) is 0 Å². The van der Waals surface area contributed by atoms with Crippen LogP contribution in [0.1, 0.15) is 49.4 Å². The molecule has 5 atom stereocenters. The van der Waals surface area contributed by atoms with Crippen LogP contribution in [0.5, 0.6) is 0 Å². The summed E-state index contributed by atoms with van der Waals surface area (Å²) in [6, 6.07) is 21.0. The number of hydrogen-bond acceptors (Lipinski definition) is 6. The van der Waals surface area contributed by atoms with E-state index in [1.165, 1.54) is 12.1 Å². The van der Waals surface area contributed by atoms with Gasteiger partial charge in [-0.2, -0.15) is 4.31 Å². The quantitative estimate of drug-likeness (QED) is 0.212. The molecule has 1 saturated heterocycles.